The number of anilines is 1. The van der Waals surface area contributed by atoms with E-state index in [0.717, 1.165) is 20.8 Å². The third-order valence-corrected chi connectivity index (χ3v) is 9.19. The van der Waals surface area contributed by atoms with E-state index in [4.69, 9.17) is 9.72 Å². The van der Waals surface area contributed by atoms with Crippen LogP contribution in [0.25, 0.3) is 20.8 Å². The minimum Gasteiger partial charge on any atom is -0.497 e. The molecule has 0 unspecified atom stereocenters. The monoisotopic (exact) mass is 507 g/mol. The number of ether oxygens (including phenoxy) is 1. The van der Waals surface area contributed by atoms with Crippen molar-refractivity contribution in [1.82, 2.24) is 9.29 Å². The van der Waals surface area contributed by atoms with Crippen LogP contribution in [0, 0.1) is 5.92 Å². The van der Waals surface area contributed by atoms with Gasteiger partial charge in [-0.2, -0.15) is 4.31 Å². The molecule has 35 heavy (non-hydrogen) atoms. The fourth-order valence-electron chi connectivity index (χ4n) is 4.23. The zero-order valence-electron chi connectivity index (χ0n) is 19.2. The second-order valence-corrected chi connectivity index (χ2v) is 11.4. The molecule has 9 heteroatoms. The highest BCUT2D eigenvalue weighted by Gasteiger charge is 2.32. The van der Waals surface area contributed by atoms with Crippen LogP contribution >= 0.6 is 11.3 Å². The van der Waals surface area contributed by atoms with Crippen molar-refractivity contribution in [2.45, 2.75) is 17.7 Å². The topological polar surface area (TPSA) is 88.6 Å². The smallest absolute Gasteiger partial charge is 0.243 e. The van der Waals surface area contributed by atoms with Gasteiger partial charge in [-0.3, -0.25) is 4.79 Å². The number of benzene rings is 3. The molecule has 1 saturated heterocycles. The van der Waals surface area contributed by atoms with E-state index in [0.29, 0.717) is 37.4 Å². The Balaban J connectivity index is 1.22. The van der Waals surface area contributed by atoms with Gasteiger partial charge in [-0.1, -0.05) is 24.3 Å². The summed E-state index contributed by atoms with van der Waals surface area (Å²) in [5.74, 6) is 0.267. The van der Waals surface area contributed by atoms with Crippen molar-refractivity contribution in [2.75, 3.05) is 25.5 Å². The minimum atomic E-state index is -3.60. The second kappa shape index (κ2) is 9.77. The molecule has 3 aromatic carbocycles. The molecule has 0 spiro atoms. The first kappa shape index (κ1) is 23.5. The number of carbonyl (C=O) groups is 1. The molecule has 1 N–H and O–H groups in total. The van der Waals surface area contributed by atoms with Crippen molar-refractivity contribution < 1.29 is 17.9 Å². The number of nitrogens with zero attached hydrogens (tertiary/aromatic N) is 2. The van der Waals surface area contributed by atoms with Crippen LogP contribution in [-0.4, -0.2) is 43.8 Å². The van der Waals surface area contributed by atoms with Crippen molar-refractivity contribution in [3.63, 3.8) is 0 Å². The maximum absolute atomic E-state index is 13.0. The fourth-order valence-corrected chi connectivity index (χ4v) is 6.66. The average Bonchev–Trinajstić information content (AvgIpc) is 3.33. The van der Waals surface area contributed by atoms with E-state index in [2.05, 4.69) is 5.32 Å². The highest BCUT2D eigenvalue weighted by molar-refractivity contribution is 7.89. The number of sulfonamides is 1. The Morgan fingerprint density at radius 2 is 1.77 bits per heavy atom. The van der Waals surface area contributed by atoms with Gasteiger partial charge in [-0.25, -0.2) is 13.4 Å². The van der Waals surface area contributed by atoms with Crippen molar-refractivity contribution in [1.29, 1.82) is 0 Å². The van der Waals surface area contributed by atoms with E-state index in [1.165, 1.54) is 11.4 Å². The highest BCUT2D eigenvalue weighted by atomic mass is 32.2. The number of hydrogen-bond donors (Lipinski definition) is 1. The minimum absolute atomic E-state index is 0.0899. The number of carbonyl (C=O) groups excluding carboxylic acids is 1. The Morgan fingerprint density at radius 3 is 2.49 bits per heavy atom. The summed E-state index contributed by atoms with van der Waals surface area (Å²) in [6.45, 7) is 0.608. The largest absolute Gasteiger partial charge is 0.497 e. The summed E-state index contributed by atoms with van der Waals surface area (Å²) in [7, 11) is -2.06. The first-order valence-electron chi connectivity index (χ1n) is 11.3. The van der Waals surface area contributed by atoms with Gasteiger partial charge in [0.2, 0.25) is 15.9 Å². The van der Waals surface area contributed by atoms with Crippen LogP contribution < -0.4 is 10.1 Å². The van der Waals surface area contributed by atoms with Gasteiger partial charge in [0, 0.05) is 30.3 Å². The maximum Gasteiger partial charge on any atom is 0.243 e. The number of hydrogen-bond acceptors (Lipinski definition) is 6. The summed E-state index contributed by atoms with van der Waals surface area (Å²) < 4.78 is 33.6. The number of aromatic nitrogens is 1. The summed E-state index contributed by atoms with van der Waals surface area (Å²) in [5, 5.41) is 3.91. The van der Waals surface area contributed by atoms with Crippen LogP contribution in [0.1, 0.15) is 12.8 Å². The van der Waals surface area contributed by atoms with E-state index in [1.807, 2.05) is 48.5 Å². The molecular formula is C26H25N3O4S2. The first-order valence-corrected chi connectivity index (χ1v) is 13.6. The standard InChI is InChI=1S/C26H25N3O4S2/c1-33-21-9-11-22(12-10-21)35(31,32)29-15-13-18(14-16-29)25(30)27-20-6-4-5-19(17-20)26-28-23-7-2-3-8-24(23)34-26/h2-12,17-18H,13-16H2,1H3,(H,27,30). The normalized spacial score (nSPS) is 15.2. The van der Waals surface area contributed by atoms with Gasteiger partial charge in [0.05, 0.1) is 22.2 Å². The van der Waals surface area contributed by atoms with Crippen molar-refractivity contribution in [3.05, 3.63) is 72.8 Å². The molecule has 0 aliphatic carbocycles. The van der Waals surface area contributed by atoms with E-state index < -0.39 is 10.0 Å². The number of fused-ring (bicyclic) bond motifs is 1. The van der Waals surface area contributed by atoms with Crippen molar-refractivity contribution in [3.8, 4) is 16.3 Å². The van der Waals surface area contributed by atoms with Crippen molar-refractivity contribution >= 4 is 43.2 Å². The number of amides is 1. The number of piperidine rings is 1. The Labute approximate surface area is 208 Å². The van der Waals surface area contributed by atoms with Gasteiger partial charge < -0.3 is 10.1 Å². The first-order chi connectivity index (χ1) is 16.9. The molecule has 0 bridgehead atoms. The predicted molar refractivity (Wildman–Crippen MR) is 138 cm³/mol. The van der Waals surface area contributed by atoms with Crippen LogP contribution in [0.2, 0.25) is 0 Å². The summed E-state index contributed by atoms with van der Waals surface area (Å²) in [5.41, 5.74) is 2.61. The lowest BCUT2D eigenvalue weighted by atomic mass is 9.97. The molecule has 5 rings (SSSR count). The molecule has 180 valence electrons. The van der Waals surface area contributed by atoms with Gasteiger partial charge >= 0.3 is 0 Å². The molecule has 2 heterocycles. The molecule has 0 atom stereocenters. The van der Waals surface area contributed by atoms with Crippen LogP contribution in [-0.2, 0) is 14.8 Å². The lowest BCUT2D eigenvalue weighted by Gasteiger charge is -2.30. The number of nitrogens with one attached hydrogen (secondary N) is 1. The van der Waals surface area contributed by atoms with Crippen LogP contribution in [0.15, 0.2) is 77.7 Å². The molecule has 7 nitrogen and oxygen atoms in total. The van der Waals surface area contributed by atoms with Gasteiger partial charge in [-0.05, 0) is 61.4 Å². The Hall–Kier alpha value is -3.27. The van der Waals surface area contributed by atoms with Gasteiger partial charge in [-0.15, -0.1) is 11.3 Å². The SMILES string of the molecule is COc1ccc(S(=O)(=O)N2CCC(C(=O)Nc3cccc(-c4nc5ccccc5s4)c3)CC2)cc1. The van der Waals surface area contributed by atoms with Gasteiger partial charge in [0.15, 0.2) is 0 Å². The lowest BCUT2D eigenvalue weighted by Crippen LogP contribution is -2.41. The number of thiazole rings is 1. The number of rotatable bonds is 6. The van der Waals surface area contributed by atoms with E-state index in [1.54, 1.807) is 35.6 Å². The molecule has 1 fully saturated rings. The third kappa shape index (κ3) is 4.93. The predicted octanol–water partition coefficient (Wildman–Crippen LogP) is 5.01. The van der Waals surface area contributed by atoms with Gasteiger partial charge in [0.25, 0.3) is 0 Å². The Kier molecular flexibility index (Phi) is 6.55. The van der Waals surface area contributed by atoms with Crippen LogP contribution in [0.5, 0.6) is 5.75 Å². The average molecular weight is 508 g/mol. The molecule has 4 aromatic rings. The second-order valence-electron chi connectivity index (χ2n) is 8.41. The molecule has 0 saturated carbocycles. The molecule has 1 aliphatic heterocycles. The molecular weight excluding hydrogens is 482 g/mol. The molecule has 0 radical (unpaired) electrons. The molecule has 1 aromatic heterocycles. The molecule has 1 aliphatic rings. The van der Waals surface area contributed by atoms with Crippen LogP contribution in [0.4, 0.5) is 5.69 Å². The maximum atomic E-state index is 13.0. The Bertz CT molecular complexity index is 1420. The van der Waals surface area contributed by atoms with Gasteiger partial charge in [0.1, 0.15) is 10.8 Å². The summed E-state index contributed by atoms with van der Waals surface area (Å²) in [4.78, 5) is 17.9. The van der Waals surface area contributed by atoms with Crippen LogP contribution in [0.3, 0.4) is 0 Å². The lowest BCUT2D eigenvalue weighted by molar-refractivity contribution is -0.120. The van der Waals surface area contributed by atoms with E-state index in [-0.39, 0.29) is 16.7 Å². The highest BCUT2D eigenvalue weighted by Crippen LogP contribution is 2.32. The third-order valence-electron chi connectivity index (χ3n) is 6.19. The van der Waals surface area contributed by atoms with E-state index >= 15 is 0 Å². The quantitative estimate of drug-likeness (QED) is 0.396. The number of para-hydroxylation sites is 1. The van der Waals surface area contributed by atoms with Crippen molar-refractivity contribution in [2.24, 2.45) is 5.92 Å². The fraction of sp³-hybridized carbons (Fsp3) is 0.231. The Morgan fingerprint density at radius 1 is 1.03 bits per heavy atom. The zero-order valence-corrected chi connectivity index (χ0v) is 20.8. The van der Waals surface area contributed by atoms with E-state index in [9.17, 15) is 13.2 Å². The summed E-state index contributed by atoms with van der Waals surface area (Å²) >= 11 is 1.62. The zero-order chi connectivity index (χ0) is 24.4. The summed E-state index contributed by atoms with van der Waals surface area (Å²) in [6.07, 6.45) is 0.942. The summed E-state index contributed by atoms with van der Waals surface area (Å²) in [6, 6.07) is 22.0. The molecule has 1 amide bonds. The number of methoxy groups -OCH3 is 1.